The number of benzene rings is 2. The summed E-state index contributed by atoms with van der Waals surface area (Å²) < 4.78 is 12.5. The number of methoxy groups -OCH3 is 2. The van der Waals surface area contributed by atoms with E-state index in [4.69, 9.17) is 32.7 Å². The van der Waals surface area contributed by atoms with Crippen LogP contribution in [-0.2, 0) is 4.79 Å². The van der Waals surface area contributed by atoms with E-state index < -0.39 is 11.8 Å². The number of nitrogens with zero attached hydrogens (tertiary/aromatic N) is 3. The van der Waals surface area contributed by atoms with Gasteiger partial charge in [-0.3, -0.25) is 9.59 Å². The van der Waals surface area contributed by atoms with Crippen molar-refractivity contribution < 1.29 is 19.1 Å². The maximum Gasteiger partial charge on any atom is 0.319 e. The molecule has 2 amide bonds. The smallest absolute Gasteiger partial charge is 0.319 e. The van der Waals surface area contributed by atoms with Crippen LogP contribution in [0.4, 0.5) is 11.4 Å². The molecule has 0 saturated carbocycles. The molecule has 1 aliphatic heterocycles. The molecule has 3 heterocycles. The molecule has 9 nitrogen and oxygen atoms in total. The number of carbonyl (C=O) groups excluding carboxylic acids is 2. The van der Waals surface area contributed by atoms with E-state index in [1.807, 2.05) is 13.8 Å². The number of anilines is 2. The van der Waals surface area contributed by atoms with Gasteiger partial charge in [-0.25, -0.2) is 4.98 Å². The van der Waals surface area contributed by atoms with Crippen LogP contribution in [-0.4, -0.2) is 40.6 Å². The van der Waals surface area contributed by atoms with Gasteiger partial charge in [-0.1, -0.05) is 49.2 Å². The Morgan fingerprint density at radius 1 is 1.10 bits per heavy atom. The largest absolute Gasteiger partial charge is 0.479 e. The van der Waals surface area contributed by atoms with Gasteiger partial charge in [0.05, 0.1) is 31.9 Å². The van der Waals surface area contributed by atoms with Crippen LogP contribution in [0.3, 0.4) is 0 Å². The van der Waals surface area contributed by atoms with E-state index in [1.54, 1.807) is 59.4 Å². The van der Waals surface area contributed by atoms with Crippen LogP contribution in [0.5, 0.6) is 11.9 Å². The summed E-state index contributed by atoms with van der Waals surface area (Å²) in [4.78, 5) is 35.9. The van der Waals surface area contributed by atoms with E-state index >= 15 is 0 Å². The van der Waals surface area contributed by atoms with Crippen molar-refractivity contribution in [2.24, 2.45) is 0 Å². The predicted molar refractivity (Wildman–Crippen MR) is 150 cm³/mol. The van der Waals surface area contributed by atoms with E-state index in [-0.39, 0.29) is 23.7 Å². The van der Waals surface area contributed by atoms with Crippen molar-refractivity contribution in [1.29, 1.82) is 0 Å². The highest BCUT2D eigenvalue weighted by Gasteiger charge is 2.39. The highest BCUT2D eigenvalue weighted by Crippen LogP contribution is 2.44. The average Bonchev–Trinajstić information content (AvgIpc) is 3.44. The minimum Gasteiger partial charge on any atom is -0.479 e. The second kappa shape index (κ2) is 10.6. The van der Waals surface area contributed by atoms with Crippen molar-refractivity contribution in [3.05, 3.63) is 87.3 Å². The van der Waals surface area contributed by atoms with Gasteiger partial charge in [0, 0.05) is 38.9 Å². The summed E-state index contributed by atoms with van der Waals surface area (Å²) in [5.74, 6) is -1.31. The molecule has 200 valence electrons. The van der Waals surface area contributed by atoms with Gasteiger partial charge >= 0.3 is 6.01 Å². The number of hydrogen-bond donors (Lipinski definition) is 2. The lowest BCUT2D eigenvalue weighted by Gasteiger charge is -2.19. The van der Waals surface area contributed by atoms with E-state index in [0.29, 0.717) is 38.2 Å². The van der Waals surface area contributed by atoms with Gasteiger partial charge in [-0.15, -0.1) is 0 Å². The highest BCUT2D eigenvalue weighted by atomic mass is 35.5. The number of amides is 2. The molecule has 0 fully saturated rings. The number of fused-ring (bicyclic) bond motifs is 1. The maximum absolute atomic E-state index is 13.8. The molecule has 39 heavy (non-hydrogen) atoms. The Morgan fingerprint density at radius 3 is 2.56 bits per heavy atom. The molecular weight excluding hydrogens is 541 g/mol. The first-order valence-electron chi connectivity index (χ1n) is 12.1. The Hall–Kier alpha value is -4.08. The van der Waals surface area contributed by atoms with Crippen molar-refractivity contribution in [1.82, 2.24) is 14.5 Å². The first-order valence-corrected chi connectivity index (χ1v) is 12.8. The third-order valence-corrected chi connectivity index (χ3v) is 6.91. The first-order chi connectivity index (χ1) is 18.7. The fourth-order valence-electron chi connectivity index (χ4n) is 4.85. The summed E-state index contributed by atoms with van der Waals surface area (Å²) in [5, 5.41) is 6.81. The fraction of sp³-hybridized carbons (Fsp3) is 0.214. The summed E-state index contributed by atoms with van der Waals surface area (Å²) in [7, 11) is 2.95. The summed E-state index contributed by atoms with van der Waals surface area (Å²) in [6.07, 6.45) is 3.24. The van der Waals surface area contributed by atoms with Gasteiger partial charge in [0.25, 0.3) is 5.91 Å². The predicted octanol–water partition coefficient (Wildman–Crippen LogP) is 6.05. The second-order valence-corrected chi connectivity index (χ2v) is 10.1. The molecule has 0 bridgehead atoms. The zero-order valence-corrected chi connectivity index (χ0v) is 23.1. The lowest BCUT2D eigenvalue weighted by atomic mass is 9.87. The number of carbonyl (C=O) groups is 2. The molecule has 1 unspecified atom stereocenters. The monoisotopic (exact) mass is 565 g/mol. The van der Waals surface area contributed by atoms with Crippen LogP contribution in [0.2, 0.25) is 10.0 Å². The van der Waals surface area contributed by atoms with Crippen LogP contribution in [0.1, 0.15) is 52.9 Å². The molecule has 1 aliphatic rings. The van der Waals surface area contributed by atoms with Crippen molar-refractivity contribution in [3.8, 4) is 17.6 Å². The second-order valence-electron chi connectivity index (χ2n) is 9.24. The summed E-state index contributed by atoms with van der Waals surface area (Å²) >= 11 is 12.4. The van der Waals surface area contributed by atoms with Crippen molar-refractivity contribution in [3.63, 3.8) is 0 Å². The van der Waals surface area contributed by atoms with Crippen molar-refractivity contribution >= 4 is 46.4 Å². The van der Waals surface area contributed by atoms with Crippen LogP contribution < -0.4 is 20.1 Å². The van der Waals surface area contributed by atoms with E-state index in [0.717, 1.165) is 11.3 Å². The number of hydrogen-bond acceptors (Lipinski definition) is 6. The molecule has 0 radical (unpaired) electrons. The zero-order valence-electron chi connectivity index (χ0n) is 21.6. The number of ether oxygens (including phenoxy) is 2. The minimum atomic E-state index is -0.763. The maximum atomic E-state index is 13.8. The van der Waals surface area contributed by atoms with Gasteiger partial charge in [0.2, 0.25) is 11.8 Å². The number of halogens is 2. The van der Waals surface area contributed by atoms with E-state index in [9.17, 15) is 9.59 Å². The molecule has 0 aliphatic carbocycles. The lowest BCUT2D eigenvalue weighted by molar-refractivity contribution is -0.116. The molecular formula is C28H25Cl2N5O4. The molecule has 2 aromatic carbocycles. The molecule has 0 saturated heterocycles. The quantitative estimate of drug-likeness (QED) is 0.282. The summed E-state index contributed by atoms with van der Waals surface area (Å²) in [5.41, 5.74) is 3.91. The molecule has 5 rings (SSSR count). The molecule has 1 atom stereocenters. The number of rotatable bonds is 7. The first kappa shape index (κ1) is 26.5. The van der Waals surface area contributed by atoms with Gasteiger partial charge in [-0.05, 0) is 41.8 Å². The van der Waals surface area contributed by atoms with Crippen LogP contribution in [0.25, 0.3) is 5.69 Å². The van der Waals surface area contributed by atoms with E-state index in [2.05, 4.69) is 20.6 Å². The highest BCUT2D eigenvalue weighted by molar-refractivity contribution is 6.31. The summed E-state index contributed by atoms with van der Waals surface area (Å²) in [6.45, 7) is 3.97. The van der Waals surface area contributed by atoms with Gasteiger partial charge < -0.3 is 24.7 Å². The molecule has 0 spiro atoms. The standard InChI is InChI=1S/C28H25Cl2N5O4/c1-14(2)24-22(23-18-9-8-16(30)11-20(18)33-26(23)37)19(25(36)32-17-7-5-6-15(29)10-17)13-35(24)21-12-31-28(39-4)34-27(21)38-3/h5-14,23H,1-4H3,(H,32,36)(H,33,37). The Labute approximate surface area is 235 Å². The zero-order chi connectivity index (χ0) is 27.8. The Kier molecular flexibility index (Phi) is 7.20. The fourth-order valence-corrected chi connectivity index (χ4v) is 5.22. The molecule has 11 heteroatoms. The third kappa shape index (κ3) is 4.91. The molecule has 2 aromatic heterocycles. The van der Waals surface area contributed by atoms with Crippen molar-refractivity contribution in [2.75, 3.05) is 24.9 Å². The Bertz CT molecular complexity index is 1600. The number of nitrogens with one attached hydrogen (secondary N) is 2. The van der Waals surface area contributed by atoms with Crippen LogP contribution in [0.15, 0.2) is 54.9 Å². The normalized spacial score (nSPS) is 14.2. The minimum absolute atomic E-state index is 0.122. The number of aromatic nitrogens is 3. The van der Waals surface area contributed by atoms with Crippen molar-refractivity contribution in [2.45, 2.75) is 25.7 Å². The molecule has 4 aromatic rings. The topological polar surface area (TPSA) is 107 Å². The van der Waals surface area contributed by atoms with E-state index in [1.165, 1.54) is 14.2 Å². The van der Waals surface area contributed by atoms with Gasteiger partial charge in [-0.2, -0.15) is 4.98 Å². The Morgan fingerprint density at radius 2 is 1.87 bits per heavy atom. The molecule has 2 N–H and O–H groups in total. The average molecular weight is 566 g/mol. The van der Waals surface area contributed by atoms with Crippen LogP contribution >= 0.6 is 23.2 Å². The van der Waals surface area contributed by atoms with Gasteiger partial charge in [0.15, 0.2) is 0 Å². The van der Waals surface area contributed by atoms with Gasteiger partial charge in [0.1, 0.15) is 5.69 Å². The third-order valence-electron chi connectivity index (χ3n) is 6.44. The SMILES string of the molecule is COc1ncc(-n2cc(C(=O)Nc3cccc(Cl)c3)c(C3C(=O)Nc4cc(Cl)ccc43)c2C(C)C)c(OC)n1. The summed E-state index contributed by atoms with van der Waals surface area (Å²) in [6, 6.07) is 12.2. The lowest BCUT2D eigenvalue weighted by Crippen LogP contribution is -2.20. The van der Waals surface area contributed by atoms with Crippen LogP contribution in [0, 0.1) is 0 Å². The Balaban J connectivity index is 1.76.